The van der Waals surface area contributed by atoms with Gasteiger partial charge in [-0.3, -0.25) is 9.20 Å². The van der Waals surface area contributed by atoms with Crippen LogP contribution >= 0.6 is 0 Å². The fraction of sp³-hybridized carbons (Fsp3) is 0.172. The molecule has 6 aromatic rings. The highest BCUT2D eigenvalue weighted by molar-refractivity contribution is 6.03. The summed E-state index contributed by atoms with van der Waals surface area (Å²) < 4.78 is 5.68. The van der Waals surface area contributed by atoms with Crippen molar-refractivity contribution in [1.29, 1.82) is 0 Å². The average Bonchev–Trinajstić information content (AvgIpc) is 3.55. The van der Waals surface area contributed by atoms with Crippen molar-refractivity contribution in [3.63, 3.8) is 0 Å². The Bertz CT molecular complexity index is 1810. The predicted molar refractivity (Wildman–Crippen MR) is 144 cm³/mol. The van der Waals surface area contributed by atoms with Crippen molar-refractivity contribution in [2.24, 2.45) is 17.3 Å². The van der Waals surface area contributed by atoms with Crippen LogP contribution < -0.4 is 0 Å². The van der Waals surface area contributed by atoms with Crippen LogP contribution in [-0.2, 0) is 13.6 Å². The number of hydrogen-bond donors (Lipinski definition) is 1. The second-order valence-corrected chi connectivity index (χ2v) is 9.06. The van der Waals surface area contributed by atoms with E-state index in [0.717, 1.165) is 46.9 Å². The van der Waals surface area contributed by atoms with Crippen LogP contribution in [0.2, 0.25) is 0 Å². The quantitative estimate of drug-likeness (QED) is 0.258. The number of fused-ring (bicyclic) bond motifs is 4. The van der Waals surface area contributed by atoms with Crippen molar-refractivity contribution >= 4 is 39.3 Å². The number of carbonyl (C=O) groups excluding carboxylic acids is 1. The third-order valence-electron chi connectivity index (χ3n) is 6.79. The average molecular weight is 491 g/mol. The molecule has 0 saturated carbocycles. The molecule has 0 saturated heterocycles. The maximum absolute atomic E-state index is 13.8. The van der Waals surface area contributed by atoms with Crippen molar-refractivity contribution in [2.45, 2.75) is 26.3 Å². The summed E-state index contributed by atoms with van der Waals surface area (Å²) in [6.45, 7) is 2.94. The molecule has 0 bridgehead atoms. The molecule has 0 unspecified atom stereocenters. The minimum absolute atomic E-state index is 0.0457. The van der Waals surface area contributed by atoms with Gasteiger partial charge in [0.1, 0.15) is 11.4 Å². The molecule has 3 heterocycles. The smallest absolute Gasteiger partial charge is 0.314 e. The van der Waals surface area contributed by atoms with E-state index in [1.54, 1.807) is 11.6 Å². The molecule has 0 atom stereocenters. The lowest BCUT2D eigenvalue weighted by Crippen LogP contribution is -2.02. The minimum Gasteiger partial charge on any atom is -0.493 e. The standard InChI is InChI=1S/C29H26N6O2/c1-3-4-18-34-22-16-10-11-17-23(22)35-26(24(30-29(34)35)19-12-6-5-7-13-19)27(36)32-31-25-20-14-8-9-15-21(20)33(2)28(25)37/h5-17,37H,3-4,18H2,1-2H3. The number of unbranched alkanes of at least 4 members (excludes halogenated alkanes) is 1. The van der Waals surface area contributed by atoms with Gasteiger partial charge in [0.15, 0.2) is 5.69 Å². The fourth-order valence-electron chi connectivity index (χ4n) is 4.94. The number of imidazole rings is 2. The first-order valence-electron chi connectivity index (χ1n) is 12.4. The first kappa shape index (κ1) is 22.7. The monoisotopic (exact) mass is 490 g/mol. The van der Waals surface area contributed by atoms with Crippen molar-refractivity contribution in [2.75, 3.05) is 0 Å². The summed E-state index contributed by atoms with van der Waals surface area (Å²) in [5, 5.41) is 19.8. The van der Waals surface area contributed by atoms with E-state index in [1.165, 1.54) is 0 Å². The Kier molecular flexibility index (Phi) is 5.56. The second kappa shape index (κ2) is 9.05. The largest absolute Gasteiger partial charge is 0.493 e. The zero-order valence-corrected chi connectivity index (χ0v) is 20.7. The van der Waals surface area contributed by atoms with Gasteiger partial charge in [-0.1, -0.05) is 74.0 Å². The molecule has 8 nitrogen and oxygen atoms in total. The molecule has 6 rings (SSSR count). The zero-order valence-electron chi connectivity index (χ0n) is 20.7. The number of rotatable bonds is 6. The van der Waals surface area contributed by atoms with Crippen LogP contribution in [0.25, 0.3) is 39.0 Å². The summed E-state index contributed by atoms with van der Waals surface area (Å²) in [6, 6.07) is 25.1. The number of aryl methyl sites for hydroxylation is 2. The lowest BCUT2D eigenvalue weighted by Gasteiger charge is -2.04. The SMILES string of the molecule is CCCCn1c2ccccc2n2c(C(=O)N=Nc3c(O)n(C)c4ccccc34)c(-c3ccccc3)nc12. The zero-order chi connectivity index (χ0) is 25.5. The van der Waals surface area contributed by atoms with Gasteiger partial charge in [-0.05, 0) is 24.6 Å². The number of benzene rings is 3. The summed E-state index contributed by atoms with van der Waals surface area (Å²) >= 11 is 0. The molecule has 0 aliphatic heterocycles. The first-order valence-corrected chi connectivity index (χ1v) is 12.4. The van der Waals surface area contributed by atoms with E-state index in [0.29, 0.717) is 17.2 Å². The van der Waals surface area contributed by atoms with Crippen LogP contribution in [0.5, 0.6) is 5.88 Å². The Hall–Kier alpha value is -4.72. The highest BCUT2D eigenvalue weighted by Gasteiger charge is 2.26. The van der Waals surface area contributed by atoms with Gasteiger partial charge in [-0.2, -0.15) is 0 Å². The number of aromatic nitrogens is 4. The first-order chi connectivity index (χ1) is 18.1. The van der Waals surface area contributed by atoms with E-state index in [1.807, 2.05) is 83.3 Å². The molecule has 1 N–H and O–H groups in total. The van der Waals surface area contributed by atoms with Crippen molar-refractivity contribution < 1.29 is 9.90 Å². The van der Waals surface area contributed by atoms with Gasteiger partial charge >= 0.3 is 5.91 Å². The second-order valence-electron chi connectivity index (χ2n) is 9.06. The molecule has 0 fully saturated rings. The van der Waals surface area contributed by atoms with E-state index >= 15 is 0 Å². The molecule has 0 aliphatic carbocycles. The number of azo groups is 1. The Morgan fingerprint density at radius 1 is 0.919 bits per heavy atom. The van der Waals surface area contributed by atoms with E-state index in [2.05, 4.69) is 21.7 Å². The number of nitrogens with zero attached hydrogens (tertiary/aromatic N) is 6. The molecule has 184 valence electrons. The summed E-state index contributed by atoms with van der Waals surface area (Å²) in [7, 11) is 1.75. The summed E-state index contributed by atoms with van der Waals surface area (Å²) in [4.78, 5) is 18.8. The van der Waals surface area contributed by atoms with E-state index < -0.39 is 5.91 Å². The van der Waals surface area contributed by atoms with Gasteiger partial charge in [0, 0.05) is 24.5 Å². The molecule has 3 aromatic heterocycles. The van der Waals surface area contributed by atoms with Crippen LogP contribution in [0, 0.1) is 0 Å². The number of amides is 1. The van der Waals surface area contributed by atoms with Crippen LogP contribution in [0.1, 0.15) is 30.3 Å². The molecule has 0 spiro atoms. The van der Waals surface area contributed by atoms with Crippen molar-refractivity contribution in [3.8, 4) is 17.1 Å². The van der Waals surface area contributed by atoms with E-state index in [4.69, 9.17) is 4.98 Å². The molecular weight excluding hydrogens is 464 g/mol. The summed E-state index contributed by atoms with van der Waals surface area (Å²) in [5.41, 5.74) is 4.68. The third kappa shape index (κ3) is 3.60. The molecule has 37 heavy (non-hydrogen) atoms. The highest BCUT2D eigenvalue weighted by Crippen LogP contribution is 2.38. The number of para-hydroxylation sites is 3. The number of hydrogen-bond acceptors (Lipinski definition) is 4. The van der Waals surface area contributed by atoms with Gasteiger partial charge in [0.25, 0.3) is 0 Å². The van der Waals surface area contributed by atoms with Crippen LogP contribution in [0.3, 0.4) is 0 Å². The normalized spacial score (nSPS) is 11.9. The van der Waals surface area contributed by atoms with E-state index in [-0.39, 0.29) is 11.6 Å². The molecule has 0 aliphatic rings. The molecular formula is C29H26N6O2. The Balaban J connectivity index is 1.57. The topological polar surface area (TPSA) is 89.2 Å². The minimum atomic E-state index is -0.530. The molecule has 3 aromatic carbocycles. The maximum Gasteiger partial charge on any atom is 0.314 e. The molecule has 1 amide bonds. The maximum atomic E-state index is 13.8. The Labute approximate surface area is 213 Å². The molecule has 8 heteroatoms. The van der Waals surface area contributed by atoms with Gasteiger partial charge in [0.05, 0.1) is 16.6 Å². The number of carbonyl (C=O) groups is 1. The lowest BCUT2D eigenvalue weighted by molar-refractivity contribution is 0.0990. The van der Waals surface area contributed by atoms with Gasteiger partial charge in [0.2, 0.25) is 11.7 Å². The van der Waals surface area contributed by atoms with Crippen LogP contribution in [0.15, 0.2) is 89.1 Å². The van der Waals surface area contributed by atoms with Gasteiger partial charge in [-0.15, -0.1) is 10.2 Å². The summed E-state index contributed by atoms with van der Waals surface area (Å²) in [5.74, 6) is 0.118. The van der Waals surface area contributed by atoms with Crippen molar-refractivity contribution in [1.82, 2.24) is 18.5 Å². The molecule has 0 radical (unpaired) electrons. The third-order valence-corrected chi connectivity index (χ3v) is 6.79. The Morgan fingerprint density at radius 3 is 2.35 bits per heavy atom. The van der Waals surface area contributed by atoms with Gasteiger partial charge in [-0.25, -0.2) is 4.98 Å². The van der Waals surface area contributed by atoms with E-state index in [9.17, 15) is 9.90 Å². The summed E-state index contributed by atoms with van der Waals surface area (Å²) in [6.07, 6.45) is 2.03. The Morgan fingerprint density at radius 2 is 1.59 bits per heavy atom. The van der Waals surface area contributed by atoms with Crippen LogP contribution in [-0.4, -0.2) is 29.5 Å². The van der Waals surface area contributed by atoms with Crippen molar-refractivity contribution in [3.05, 3.63) is 84.6 Å². The number of aromatic hydroxyl groups is 1. The predicted octanol–water partition coefficient (Wildman–Crippen LogP) is 6.88. The fourth-order valence-corrected chi connectivity index (χ4v) is 4.94. The van der Waals surface area contributed by atoms with Crippen LogP contribution in [0.4, 0.5) is 5.69 Å². The van der Waals surface area contributed by atoms with Gasteiger partial charge < -0.3 is 14.2 Å². The highest BCUT2D eigenvalue weighted by atomic mass is 16.3. The lowest BCUT2D eigenvalue weighted by atomic mass is 10.1.